The van der Waals surface area contributed by atoms with Crippen LogP contribution in [0.4, 0.5) is 5.82 Å². The third kappa shape index (κ3) is 2.98. The van der Waals surface area contributed by atoms with Crippen molar-refractivity contribution in [3.05, 3.63) is 17.1 Å². The zero-order valence-corrected chi connectivity index (χ0v) is 14.1. The monoisotopic (exact) mass is 332 g/mol. The van der Waals surface area contributed by atoms with Gasteiger partial charge < -0.3 is 20.1 Å². The van der Waals surface area contributed by atoms with Crippen LogP contribution in [0.1, 0.15) is 47.6 Å². The molecule has 1 aromatic rings. The number of carbonyl (C=O) groups excluding carboxylic acids is 1. The SMILES string of the molecule is Cc1nc(NC2CCOC3(CCOCC3)C2)c2c(n1)C(=O)NCC2. The maximum atomic E-state index is 12.1. The van der Waals surface area contributed by atoms with Gasteiger partial charge in [-0.15, -0.1) is 0 Å². The Balaban J connectivity index is 1.56. The van der Waals surface area contributed by atoms with Crippen molar-refractivity contribution in [2.24, 2.45) is 0 Å². The van der Waals surface area contributed by atoms with Crippen molar-refractivity contribution in [1.29, 1.82) is 0 Å². The van der Waals surface area contributed by atoms with Crippen LogP contribution in [0.5, 0.6) is 0 Å². The molecule has 1 aromatic heterocycles. The largest absolute Gasteiger partial charge is 0.381 e. The van der Waals surface area contributed by atoms with E-state index in [0.717, 1.165) is 63.3 Å². The lowest BCUT2D eigenvalue weighted by atomic mass is 9.84. The Morgan fingerprint density at radius 1 is 1.25 bits per heavy atom. The van der Waals surface area contributed by atoms with Crippen LogP contribution in [0, 0.1) is 6.92 Å². The fraction of sp³-hybridized carbons (Fsp3) is 0.706. The second kappa shape index (κ2) is 6.29. The Morgan fingerprint density at radius 2 is 2.08 bits per heavy atom. The topological polar surface area (TPSA) is 85.4 Å². The van der Waals surface area contributed by atoms with Gasteiger partial charge in [-0.3, -0.25) is 4.79 Å². The average molecular weight is 332 g/mol. The molecule has 0 bridgehead atoms. The predicted molar refractivity (Wildman–Crippen MR) is 88.2 cm³/mol. The number of fused-ring (bicyclic) bond motifs is 1. The number of aryl methyl sites for hydroxylation is 1. The number of amides is 1. The van der Waals surface area contributed by atoms with E-state index in [1.807, 2.05) is 6.92 Å². The molecule has 7 nitrogen and oxygen atoms in total. The summed E-state index contributed by atoms with van der Waals surface area (Å²) in [6.45, 7) is 4.77. The minimum absolute atomic E-state index is 0.0618. The van der Waals surface area contributed by atoms with E-state index in [2.05, 4.69) is 20.6 Å². The van der Waals surface area contributed by atoms with Gasteiger partial charge in [-0.1, -0.05) is 0 Å². The van der Waals surface area contributed by atoms with Crippen LogP contribution in [0.15, 0.2) is 0 Å². The zero-order valence-electron chi connectivity index (χ0n) is 14.1. The average Bonchev–Trinajstić information content (AvgIpc) is 2.57. The molecule has 1 amide bonds. The van der Waals surface area contributed by atoms with Gasteiger partial charge >= 0.3 is 0 Å². The third-order valence-corrected chi connectivity index (χ3v) is 5.23. The molecule has 1 atom stereocenters. The number of rotatable bonds is 2. The Labute approximate surface area is 141 Å². The summed E-state index contributed by atoms with van der Waals surface area (Å²) in [7, 11) is 0. The van der Waals surface area contributed by atoms with E-state index < -0.39 is 0 Å². The Bertz CT molecular complexity index is 637. The molecule has 0 aliphatic carbocycles. The van der Waals surface area contributed by atoms with E-state index >= 15 is 0 Å². The first-order chi connectivity index (χ1) is 11.7. The zero-order chi connectivity index (χ0) is 16.6. The molecule has 1 spiro atoms. The first kappa shape index (κ1) is 15.8. The molecule has 0 radical (unpaired) electrons. The van der Waals surface area contributed by atoms with Crippen LogP contribution < -0.4 is 10.6 Å². The van der Waals surface area contributed by atoms with Crippen molar-refractivity contribution in [2.45, 2.75) is 50.7 Å². The molecule has 130 valence electrons. The van der Waals surface area contributed by atoms with E-state index in [4.69, 9.17) is 9.47 Å². The van der Waals surface area contributed by atoms with Crippen molar-refractivity contribution in [3.63, 3.8) is 0 Å². The standard InChI is InChI=1S/C17H24N4O3/c1-11-19-14-13(2-6-18-16(14)22)15(20-11)21-12-3-7-24-17(10-12)4-8-23-9-5-17/h12H,2-10H2,1H3,(H,18,22)(H,19,20,21). The normalized spacial score (nSPS) is 25.9. The summed E-state index contributed by atoms with van der Waals surface area (Å²) < 4.78 is 11.6. The maximum absolute atomic E-state index is 12.1. The molecule has 2 fully saturated rings. The predicted octanol–water partition coefficient (Wildman–Crippen LogP) is 1.21. The number of carbonyl (C=O) groups is 1. The smallest absolute Gasteiger partial charge is 0.270 e. The molecule has 0 aromatic carbocycles. The minimum Gasteiger partial charge on any atom is -0.381 e. The van der Waals surface area contributed by atoms with Gasteiger partial charge in [0.05, 0.1) is 5.60 Å². The van der Waals surface area contributed by atoms with Crippen molar-refractivity contribution in [3.8, 4) is 0 Å². The van der Waals surface area contributed by atoms with Gasteiger partial charge in [0.15, 0.2) is 0 Å². The summed E-state index contributed by atoms with van der Waals surface area (Å²) >= 11 is 0. The minimum atomic E-state index is -0.0994. The third-order valence-electron chi connectivity index (χ3n) is 5.23. The highest BCUT2D eigenvalue weighted by Crippen LogP contribution is 2.35. The van der Waals surface area contributed by atoms with Crippen molar-refractivity contribution in [1.82, 2.24) is 15.3 Å². The lowest BCUT2D eigenvalue weighted by Gasteiger charge is -2.43. The lowest BCUT2D eigenvalue weighted by Crippen LogP contribution is -2.48. The van der Waals surface area contributed by atoms with Crippen molar-refractivity contribution >= 4 is 11.7 Å². The fourth-order valence-corrected chi connectivity index (χ4v) is 3.96. The van der Waals surface area contributed by atoms with Crippen LogP contribution in [0.2, 0.25) is 0 Å². The van der Waals surface area contributed by atoms with Crippen LogP contribution in [-0.2, 0) is 15.9 Å². The summed E-state index contributed by atoms with van der Waals surface area (Å²) in [5.41, 5.74) is 1.40. The van der Waals surface area contributed by atoms with Gasteiger partial charge in [-0.2, -0.15) is 0 Å². The van der Waals surface area contributed by atoms with Crippen molar-refractivity contribution < 1.29 is 14.3 Å². The molecule has 3 aliphatic heterocycles. The van der Waals surface area contributed by atoms with E-state index in [-0.39, 0.29) is 11.5 Å². The van der Waals surface area contributed by atoms with Gasteiger partial charge in [0.1, 0.15) is 17.3 Å². The lowest BCUT2D eigenvalue weighted by molar-refractivity contribution is -0.135. The second-order valence-corrected chi connectivity index (χ2v) is 6.93. The molecule has 0 saturated carbocycles. The van der Waals surface area contributed by atoms with Crippen LogP contribution in [-0.4, -0.2) is 53.9 Å². The molecule has 4 rings (SSSR count). The molecule has 7 heteroatoms. The van der Waals surface area contributed by atoms with Gasteiger partial charge in [-0.25, -0.2) is 9.97 Å². The number of aromatic nitrogens is 2. The highest BCUT2D eigenvalue weighted by molar-refractivity contribution is 5.96. The molecule has 2 saturated heterocycles. The molecule has 24 heavy (non-hydrogen) atoms. The van der Waals surface area contributed by atoms with E-state index in [1.54, 1.807) is 0 Å². The molecule has 4 heterocycles. The van der Waals surface area contributed by atoms with Gasteiger partial charge in [0, 0.05) is 38.0 Å². The quantitative estimate of drug-likeness (QED) is 0.847. The van der Waals surface area contributed by atoms with E-state index in [0.29, 0.717) is 24.1 Å². The van der Waals surface area contributed by atoms with Gasteiger partial charge in [-0.05, 0) is 39.0 Å². The molecule has 2 N–H and O–H groups in total. The number of ether oxygens (including phenoxy) is 2. The highest BCUT2D eigenvalue weighted by Gasteiger charge is 2.39. The number of anilines is 1. The second-order valence-electron chi connectivity index (χ2n) is 6.93. The number of hydrogen-bond donors (Lipinski definition) is 2. The number of hydrogen-bond acceptors (Lipinski definition) is 6. The summed E-state index contributed by atoms with van der Waals surface area (Å²) in [4.78, 5) is 21.0. The number of nitrogens with one attached hydrogen (secondary N) is 2. The maximum Gasteiger partial charge on any atom is 0.270 e. The van der Waals surface area contributed by atoms with Gasteiger partial charge in [0.25, 0.3) is 5.91 Å². The number of nitrogens with zero attached hydrogens (tertiary/aromatic N) is 2. The Hall–Kier alpha value is -1.73. The fourth-order valence-electron chi connectivity index (χ4n) is 3.96. The van der Waals surface area contributed by atoms with Crippen LogP contribution in [0.3, 0.4) is 0 Å². The Morgan fingerprint density at radius 3 is 2.92 bits per heavy atom. The van der Waals surface area contributed by atoms with E-state index in [1.165, 1.54) is 0 Å². The highest BCUT2D eigenvalue weighted by atomic mass is 16.5. The summed E-state index contributed by atoms with van der Waals surface area (Å²) in [6.07, 6.45) is 4.59. The summed E-state index contributed by atoms with van der Waals surface area (Å²) in [6, 6.07) is 0.306. The van der Waals surface area contributed by atoms with E-state index in [9.17, 15) is 4.79 Å². The van der Waals surface area contributed by atoms with Crippen molar-refractivity contribution in [2.75, 3.05) is 31.7 Å². The first-order valence-electron chi connectivity index (χ1n) is 8.79. The molecule has 3 aliphatic rings. The Kier molecular flexibility index (Phi) is 4.14. The van der Waals surface area contributed by atoms with Crippen LogP contribution >= 0.6 is 0 Å². The summed E-state index contributed by atoms with van der Waals surface area (Å²) in [5, 5.41) is 6.44. The van der Waals surface area contributed by atoms with Gasteiger partial charge in [0.2, 0.25) is 0 Å². The molecular weight excluding hydrogens is 308 g/mol. The van der Waals surface area contributed by atoms with Crippen LogP contribution in [0.25, 0.3) is 0 Å². The molecule has 1 unspecified atom stereocenters. The molecular formula is C17H24N4O3. The first-order valence-corrected chi connectivity index (χ1v) is 8.79. The summed E-state index contributed by atoms with van der Waals surface area (Å²) in [5.74, 6) is 1.35.